The van der Waals surface area contributed by atoms with Gasteiger partial charge in [-0.25, -0.2) is 4.99 Å². The molecule has 0 saturated carbocycles. The summed E-state index contributed by atoms with van der Waals surface area (Å²) in [6.07, 6.45) is 1.65. The predicted molar refractivity (Wildman–Crippen MR) is 50.7 cm³/mol. The van der Waals surface area contributed by atoms with E-state index >= 15 is 0 Å². The normalized spacial score (nSPS) is 15.4. The Balaban J connectivity index is 2.34. The van der Waals surface area contributed by atoms with Crippen molar-refractivity contribution in [3.63, 3.8) is 0 Å². The third kappa shape index (κ3) is 1.28. The Bertz CT molecular complexity index is 308. The highest BCUT2D eigenvalue weighted by atomic mass is 32.1. The molecule has 0 bridgehead atoms. The van der Waals surface area contributed by atoms with Crippen LogP contribution in [0.1, 0.15) is 5.56 Å². The van der Waals surface area contributed by atoms with Crippen molar-refractivity contribution < 1.29 is 4.84 Å². The lowest BCUT2D eigenvalue weighted by Crippen LogP contribution is -2.08. The molecule has 0 aliphatic carbocycles. The fraction of sp³-hybridized carbons (Fsp3) is 0.286. The van der Waals surface area contributed by atoms with E-state index in [9.17, 15) is 0 Å². The first kappa shape index (κ1) is 7.57. The highest BCUT2D eigenvalue weighted by Gasteiger charge is 2.08. The molecule has 1 aliphatic heterocycles. The highest BCUT2D eigenvalue weighted by molar-refractivity contribution is 7.15. The molecule has 12 heavy (non-hydrogen) atoms. The third-order valence-corrected chi connectivity index (χ3v) is 2.57. The number of thiophene rings is 1. The number of hydrogen-bond donors (Lipinski definition) is 2. The van der Waals surface area contributed by atoms with E-state index in [0.29, 0.717) is 6.73 Å². The average molecular weight is 183 g/mol. The van der Waals surface area contributed by atoms with Gasteiger partial charge in [0.25, 0.3) is 0 Å². The van der Waals surface area contributed by atoms with Gasteiger partial charge in [0.2, 0.25) is 0 Å². The van der Waals surface area contributed by atoms with Gasteiger partial charge >= 0.3 is 0 Å². The Morgan fingerprint density at radius 3 is 3.50 bits per heavy atom. The standard InChI is InChI=1S/C7H9N3OS/c1-5-2-12-7-6(5)9-3-8-4-11-10-7/h2-3,10H,4H2,1H3,(H,8,9). The summed E-state index contributed by atoms with van der Waals surface area (Å²) < 4.78 is 0. The van der Waals surface area contributed by atoms with Crippen LogP contribution in [0.5, 0.6) is 0 Å². The molecule has 1 aliphatic rings. The first-order valence-corrected chi connectivity index (χ1v) is 4.46. The molecule has 0 saturated heterocycles. The first-order chi connectivity index (χ1) is 5.88. The first-order valence-electron chi connectivity index (χ1n) is 3.58. The summed E-state index contributed by atoms with van der Waals surface area (Å²) in [7, 11) is 0. The van der Waals surface area contributed by atoms with Crippen molar-refractivity contribution in [1.82, 2.24) is 0 Å². The summed E-state index contributed by atoms with van der Waals surface area (Å²) in [6.45, 7) is 2.38. The molecule has 0 unspecified atom stereocenters. The summed E-state index contributed by atoms with van der Waals surface area (Å²) >= 11 is 1.61. The van der Waals surface area contributed by atoms with Gasteiger partial charge in [0, 0.05) is 0 Å². The van der Waals surface area contributed by atoms with Crippen molar-refractivity contribution in [3.05, 3.63) is 10.9 Å². The second-order valence-corrected chi connectivity index (χ2v) is 3.33. The van der Waals surface area contributed by atoms with Gasteiger partial charge in [-0.1, -0.05) is 0 Å². The second kappa shape index (κ2) is 3.12. The largest absolute Gasteiger partial charge is 0.344 e. The van der Waals surface area contributed by atoms with Gasteiger partial charge in [-0.2, -0.15) is 0 Å². The molecule has 2 heterocycles. The van der Waals surface area contributed by atoms with Crippen molar-refractivity contribution in [1.29, 1.82) is 0 Å². The molecular weight excluding hydrogens is 174 g/mol. The minimum atomic E-state index is 0.337. The summed E-state index contributed by atoms with van der Waals surface area (Å²) in [5.74, 6) is 0. The quantitative estimate of drug-likeness (QED) is 0.644. The van der Waals surface area contributed by atoms with Crippen LogP contribution in [0.4, 0.5) is 10.7 Å². The van der Waals surface area contributed by atoms with Gasteiger partial charge in [-0.05, 0) is 17.9 Å². The number of fused-ring (bicyclic) bond motifs is 1. The Labute approximate surface area is 74.2 Å². The molecule has 1 aromatic rings. The van der Waals surface area contributed by atoms with Crippen LogP contribution in [0.3, 0.4) is 0 Å². The SMILES string of the molecule is Cc1csc2c1NC=NCON2. The summed E-state index contributed by atoms with van der Waals surface area (Å²) in [6, 6.07) is 0. The van der Waals surface area contributed by atoms with E-state index in [-0.39, 0.29) is 0 Å². The van der Waals surface area contributed by atoms with E-state index in [4.69, 9.17) is 4.84 Å². The Hall–Kier alpha value is -1.07. The lowest BCUT2D eigenvalue weighted by atomic mass is 10.3. The maximum Gasteiger partial charge on any atom is 0.166 e. The van der Waals surface area contributed by atoms with Gasteiger partial charge < -0.3 is 5.32 Å². The van der Waals surface area contributed by atoms with Crippen LogP contribution >= 0.6 is 11.3 Å². The van der Waals surface area contributed by atoms with Crippen molar-refractivity contribution in [2.75, 3.05) is 17.5 Å². The fourth-order valence-electron chi connectivity index (χ4n) is 0.981. The molecule has 0 atom stereocenters. The van der Waals surface area contributed by atoms with Crippen LogP contribution in [0, 0.1) is 6.92 Å². The van der Waals surface area contributed by atoms with Crippen molar-refractivity contribution in [3.8, 4) is 0 Å². The van der Waals surface area contributed by atoms with Gasteiger partial charge in [0.15, 0.2) is 6.73 Å². The molecule has 64 valence electrons. The smallest absolute Gasteiger partial charge is 0.166 e. The van der Waals surface area contributed by atoms with E-state index in [1.54, 1.807) is 17.7 Å². The Morgan fingerprint density at radius 1 is 1.67 bits per heavy atom. The van der Waals surface area contributed by atoms with Gasteiger partial charge in [-0.15, -0.1) is 11.3 Å². The van der Waals surface area contributed by atoms with Crippen molar-refractivity contribution in [2.24, 2.45) is 4.99 Å². The zero-order chi connectivity index (χ0) is 8.39. The zero-order valence-corrected chi connectivity index (χ0v) is 7.44. The van der Waals surface area contributed by atoms with E-state index in [0.717, 1.165) is 10.7 Å². The number of hydrogen-bond acceptors (Lipinski definition) is 5. The number of rotatable bonds is 0. The molecule has 2 rings (SSSR count). The number of nitrogens with zero attached hydrogens (tertiary/aromatic N) is 1. The van der Waals surface area contributed by atoms with E-state index < -0.39 is 0 Å². The van der Waals surface area contributed by atoms with Crippen LogP contribution in [0.25, 0.3) is 0 Å². The zero-order valence-electron chi connectivity index (χ0n) is 6.63. The van der Waals surface area contributed by atoms with Crippen LogP contribution < -0.4 is 10.8 Å². The van der Waals surface area contributed by atoms with E-state index in [1.807, 2.05) is 6.92 Å². The molecule has 0 amide bonds. The fourth-order valence-corrected chi connectivity index (χ4v) is 1.84. The van der Waals surface area contributed by atoms with E-state index in [2.05, 4.69) is 21.2 Å². The molecule has 0 fully saturated rings. The predicted octanol–water partition coefficient (Wildman–Crippen LogP) is 1.81. The Kier molecular flexibility index (Phi) is 1.97. The van der Waals surface area contributed by atoms with Crippen LogP contribution in [0.15, 0.2) is 10.4 Å². The summed E-state index contributed by atoms with van der Waals surface area (Å²) in [5.41, 5.74) is 5.07. The topological polar surface area (TPSA) is 45.7 Å². The highest BCUT2D eigenvalue weighted by Crippen LogP contribution is 2.32. The molecule has 4 nitrogen and oxygen atoms in total. The number of aryl methyl sites for hydroxylation is 1. The van der Waals surface area contributed by atoms with Gasteiger partial charge in [0.1, 0.15) is 5.00 Å². The minimum Gasteiger partial charge on any atom is -0.344 e. The van der Waals surface area contributed by atoms with Crippen LogP contribution in [0.2, 0.25) is 0 Å². The summed E-state index contributed by atoms with van der Waals surface area (Å²) in [5, 5.41) is 6.15. The maximum atomic E-state index is 5.04. The van der Waals surface area contributed by atoms with Crippen LogP contribution in [-0.4, -0.2) is 13.1 Å². The third-order valence-electron chi connectivity index (χ3n) is 1.58. The van der Waals surface area contributed by atoms with E-state index in [1.165, 1.54) is 5.56 Å². The van der Waals surface area contributed by atoms with Crippen LogP contribution in [-0.2, 0) is 4.84 Å². The summed E-state index contributed by atoms with van der Waals surface area (Å²) in [4.78, 5) is 8.97. The monoisotopic (exact) mass is 183 g/mol. The molecule has 5 heteroatoms. The van der Waals surface area contributed by atoms with Gasteiger partial charge in [-0.3, -0.25) is 10.3 Å². The maximum absolute atomic E-state index is 5.04. The Morgan fingerprint density at radius 2 is 2.58 bits per heavy atom. The van der Waals surface area contributed by atoms with Gasteiger partial charge in [0.05, 0.1) is 12.0 Å². The molecule has 0 radical (unpaired) electrons. The van der Waals surface area contributed by atoms with Crippen molar-refractivity contribution >= 4 is 28.4 Å². The lowest BCUT2D eigenvalue weighted by molar-refractivity contribution is 0.205. The number of aliphatic imine (C=N–C) groups is 1. The number of nitrogens with one attached hydrogen (secondary N) is 2. The number of anilines is 2. The molecular formula is C7H9N3OS. The molecule has 1 aromatic heterocycles. The average Bonchev–Trinajstić information content (AvgIpc) is 2.31. The molecule has 0 spiro atoms. The molecule has 0 aromatic carbocycles. The second-order valence-electron chi connectivity index (χ2n) is 2.45. The van der Waals surface area contributed by atoms with Crippen molar-refractivity contribution in [2.45, 2.75) is 6.92 Å². The minimum absolute atomic E-state index is 0.337. The molecule has 2 N–H and O–H groups in total. The lowest BCUT2D eigenvalue weighted by Gasteiger charge is -2.09.